The largest absolute Gasteiger partial charge is 0.455 e. The van der Waals surface area contributed by atoms with E-state index in [1.807, 2.05) is 0 Å². The van der Waals surface area contributed by atoms with E-state index >= 15 is 0 Å². The molecule has 0 aliphatic heterocycles. The summed E-state index contributed by atoms with van der Waals surface area (Å²) in [5, 5.41) is 12.3. The summed E-state index contributed by atoms with van der Waals surface area (Å²) >= 11 is 0. The van der Waals surface area contributed by atoms with Gasteiger partial charge in [0.15, 0.2) is 0 Å². The van der Waals surface area contributed by atoms with Crippen LogP contribution in [0.4, 0.5) is 0 Å². The maximum absolute atomic E-state index is 6.86. The highest BCUT2D eigenvalue weighted by Crippen LogP contribution is 2.48. The molecule has 0 saturated heterocycles. The molecule has 1 heteroatoms. The third-order valence-corrected chi connectivity index (χ3v) is 11.4. The summed E-state index contributed by atoms with van der Waals surface area (Å²) in [5.74, 6) is 0. The molecule has 0 bridgehead atoms. The number of para-hydroxylation sites is 1. The topological polar surface area (TPSA) is 13.1 Å². The molecule has 0 fully saturated rings. The Balaban J connectivity index is 1.16. The molecule has 1 heterocycles. The first-order valence-corrected chi connectivity index (χ1v) is 18.7. The first-order valence-electron chi connectivity index (χ1n) is 18.7. The van der Waals surface area contributed by atoms with Gasteiger partial charge >= 0.3 is 0 Å². The SMILES string of the molecule is c1ccc(-c2ccc3ccccc3c2)c(Cc2c3ccccc3c(-c3ccc(-c4cccc5ccccc45)c4oc5ccccc5c34)c3ccccc23)c1. The molecule has 11 rings (SSSR count). The predicted octanol–water partition coefficient (Wildman–Crippen LogP) is 14.8. The Morgan fingerprint density at radius 3 is 1.72 bits per heavy atom. The molecule has 0 aliphatic rings. The summed E-state index contributed by atoms with van der Waals surface area (Å²) in [6.45, 7) is 0. The van der Waals surface area contributed by atoms with E-state index in [9.17, 15) is 0 Å². The van der Waals surface area contributed by atoms with Crippen molar-refractivity contribution in [1.29, 1.82) is 0 Å². The van der Waals surface area contributed by atoms with Crippen LogP contribution in [0.25, 0.3) is 98.4 Å². The lowest BCUT2D eigenvalue weighted by Gasteiger charge is -2.19. The van der Waals surface area contributed by atoms with Crippen LogP contribution in [0, 0.1) is 0 Å². The van der Waals surface area contributed by atoms with Crippen LogP contribution in [0.15, 0.2) is 199 Å². The van der Waals surface area contributed by atoms with E-state index in [1.165, 1.54) is 82.0 Å². The number of fused-ring (bicyclic) bond motifs is 7. The summed E-state index contributed by atoms with van der Waals surface area (Å²) in [6, 6.07) is 70.6. The van der Waals surface area contributed by atoms with Crippen molar-refractivity contribution in [1.82, 2.24) is 0 Å². The Morgan fingerprint density at radius 1 is 0.352 bits per heavy atom. The summed E-state index contributed by atoms with van der Waals surface area (Å²) in [6.07, 6.45) is 0.814. The third-order valence-electron chi connectivity index (χ3n) is 11.4. The fourth-order valence-corrected chi connectivity index (χ4v) is 8.91. The molecule has 0 atom stereocenters. The van der Waals surface area contributed by atoms with Crippen LogP contribution in [-0.4, -0.2) is 0 Å². The van der Waals surface area contributed by atoms with Crippen molar-refractivity contribution in [3.05, 3.63) is 205 Å². The molecule has 252 valence electrons. The summed E-state index contributed by atoms with van der Waals surface area (Å²) < 4.78 is 6.86. The smallest absolute Gasteiger partial charge is 0.143 e. The molecule has 1 nitrogen and oxygen atoms in total. The van der Waals surface area contributed by atoms with Crippen molar-refractivity contribution in [2.45, 2.75) is 6.42 Å². The van der Waals surface area contributed by atoms with Crippen LogP contribution in [0.1, 0.15) is 11.1 Å². The third kappa shape index (κ3) is 4.79. The molecule has 0 aliphatic carbocycles. The number of benzene rings is 10. The Labute approximate surface area is 313 Å². The van der Waals surface area contributed by atoms with E-state index in [-0.39, 0.29) is 0 Å². The quantitative estimate of drug-likeness (QED) is 0.164. The average molecular weight is 687 g/mol. The standard InChI is InChI=1S/C53H34O/c1-2-16-36-32-38(29-28-34(36)14-1)39-19-5-4-17-37(39)33-49-42-21-7-9-23-44(42)51(45-24-10-8-22-43(45)49)48-31-30-46(41-26-13-18-35-15-3-6-20-40(35)41)53-52(48)47-25-11-12-27-50(47)54-53/h1-32H,33H2. The monoisotopic (exact) mass is 686 g/mol. The number of furan rings is 1. The molecule has 0 saturated carbocycles. The number of hydrogen-bond donors (Lipinski definition) is 0. The Bertz CT molecular complexity index is 3190. The normalized spacial score (nSPS) is 11.8. The van der Waals surface area contributed by atoms with Gasteiger partial charge in [0.2, 0.25) is 0 Å². The second-order valence-electron chi connectivity index (χ2n) is 14.3. The van der Waals surface area contributed by atoms with E-state index in [1.54, 1.807) is 0 Å². The van der Waals surface area contributed by atoms with Crippen LogP contribution < -0.4 is 0 Å². The average Bonchev–Trinajstić information content (AvgIpc) is 3.63. The lowest BCUT2D eigenvalue weighted by molar-refractivity contribution is 0.670. The van der Waals surface area contributed by atoms with Crippen molar-refractivity contribution < 1.29 is 4.42 Å². The van der Waals surface area contributed by atoms with Gasteiger partial charge in [0.1, 0.15) is 11.2 Å². The molecule has 0 spiro atoms. The Hall–Kier alpha value is -6.96. The minimum Gasteiger partial charge on any atom is -0.455 e. The van der Waals surface area contributed by atoms with E-state index in [0.717, 1.165) is 33.9 Å². The maximum atomic E-state index is 6.86. The highest BCUT2D eigenvalue weighted by molar-refractivity contribution is 6.24. The van der Waals surface area contributed by atoms with Gasteiger partial charge in [0.25, 0.3) is 0 Å². The fourth-order valence-electron chi connectivity index (χ4n) is 8.91. The lowest BCUT2D eigenvalue weighted by atomic mass is 9.83. The van der Waals surface area contributed by atoms with Gasteiger partial charge in [-0.3, -0.25) is 0 Å². The molecular formula is C53H34O. The van der Waals surface area contributed by atoms with Crippen molar-refractivity contribution >= 4 is 65.0 Å². The molecule has 54 heavy (non-hydrogen) atoms. The van der Waals surface area contributed by atoms with Gasteiger partial charge in [-0.05, 0) is 107 Å². The van der Waals surface area contributed by atoms with Crippen LogP contribution in [0.5, 0.6) is 0 Å². The molecule has 0 N–H and O–H groups in total. The number of rotatable bonds is 5. The predicted molar refractivity (Wildman–Crippen MR) is 229 cm³/mol. The molecule has 0 radical (unpaired) electrons. The molecule has 0 amide bonds. The molecule has 11 aromatic rings. The molecule has 1 aromatic heterocycles. The van der Waals surface area contributed by atoms with Gasteiger partial charge in [-0.2, -0.15) is 0 Å². The van der Waals surface area contributed by atoms with Gasteiger partial charge in [0.05, 0.1) is 0 Å². The van der Waals surface area contributed by atoms with Gasteiger partial charge in [-0.15, -0.1) is 0 Å². The van der Waals surface area contributed by atoms with E-state index < -0.39 is 0 Å². The van der Waals surface area contributed by atoms with E-state index in [0.29, 0.717) is 0 Å². The zero-order chi connectivity index (χ0) is 35.6. The zero-order valence-electron chi connectivity index (χ0n) is 29.6. The minimum absolute atomic E-state index is 0.814. The van der Waals surface area contributed by atoms with E-state index in [4.69, 9.17) is 4.42 Å². The highest BCUT2D eigenvalue weighted by atomic mass is 16.3. The first kappa shape index (κ1) is 30.6. The summed E-state index contributed by atoms with van der Waals surface area (Å²) in [4.78, 5) is 0. The van der Waals surface area contributed by atoms with E-state index in [2.05, 4.69) is 194 Å². The van der Waals surface area contributed by atoms with Crippen LogP contribution in [0.3, 0.4) is 0 Å². The van der Waals surface area contributed by atoms with Crippen LogP contribution in [0.2, 0.25) is 0 Å². The van der Waals surface area contributed by atoms with Crippen LogP contribution >= 0.6 is 0 Å². The zero-order valence-corrected chi connectivity index (χ0v) is 29.6. The van der Waals surface area contributed by atoms with Crippen molar-refractivity contribution in [2.75, 3.05) is 0 Å². The first-order chi connectivity index (χ1) is 26.8. The highest BCUT2D eigenvalue weighted by Gasteiger charge is 2.23. The second-order valence-corrected chi connectivity index (χ2v) is 14.3. The second kappa shape index (κ2) is 12.3. The summed E-state index contributed by atoms with van der Waals surface area (Å²) in [7, 11) is 0. The van der Waals surface area contributed by atoms with Crippen molar-refractivity contribution in [3.8, 4) is 33.4 Å². The maximum Gasteiger partial charge on any atom is 0.143 e. The summed E-state index contributed by atoms with van der Waals surface area (Å²) in [5.41, 5.74) is 11.7. The molecule has 10 aromatic carbocycles. The van der Waals surface area contributed by atoms with Crippen molar-refractivity contribution in [2.24, 2.45) is 0 Å². The molecular weight excluding hydrogens is 653 g/mol. The number of hydrogen-bond acceptors (Lipinski definition) is 1. The lowest BCUT2D eigenvalue weighted by Crippen LogP contribution is -1.97. The van der Waals surface area contributed by atoms with Gasteiger partial charge in [-0.25, -0.2) is 0 Å². The van der Waals surface area contributed by atoms with Gasteiger partial charge in [0, 0.05) is 16.3 Å². The van der Waals surface area contributed by atoms with Crippen LogP contribution in [-0.2, 0) is 6.42 Å². The molecule has 0 unspecified atom stereocenters. The van der Waals surface area contributed by atoms with Gasteiger partial charge < -0.3 is 4.42 Å². The minimum atomic E-state index is 0.814. The fraction of sp³-hybridized carbons (Fsp3) is 0.0189. The van der Waals surface area contributed by atoms with Gasteiger partial charge in [-0.1, -0.05) is 176 Å². The van der Waals surface area contributed by atoms with Crippen molar-refractivity contribution in [3.63, 3.8) is 0 Å². The Kier molecular flexibility index (Phi) is 7.00. The Morgan fingerprint density at radius 2 is 0.926 bits per heavy atom.